The number of carbonyl (C=O) groups excluding carboxylic acids is 2. The lowest BCUT2D eigenvalue weighted by atomic mass is 10.1. The summed E-state index contributed by atoms with van der Waals surface area (Å²) in [4.78, 5) is 33.9. The summed E-state index contributed by atoms with van der Waals surface area (Å²) in [5.74, 6) is -1.91. The van der Waals surface area contributed by atoms with Gasteiger partial charge in [0.2, 0.25) is 11.8 Å². The number of carboxylic acid groups (broad SMARTS) is 1. The van der Waals surface area contributed by atoms with Crippen LogP contribution in [-0.2, 0) is 14.4 Å². The van der Waals surface area contributed by atoms with Gasteiger partial charge < -0.3 is 16.2 Å². The number of aliphatic carboxylic acids is 1. The van der Waals surface area contributed by atoms with E-state index in [4.69, 9.17) is 23.1 Å². The molecule has 1 heterocycles. The van der Waals surface area contributed by atoms with Crippen LogP contribution in [0.15, 0.2) is 0 Å². The highest BCUT2D eigenvalue weighted by Gasteiger charge is 2.29. The highest BCUT2D eigenvalue weighted by Crippen LogP contribution is 2.05. The number of nitrogens with two attached hydrogens (primary N) is 1. The molecule has 0 aromatic heterocycles. The van der Waals surface area contributed by atoms with E-state index in [0.29, 0.717) is 0 Å². The first-order valence-electron chi connectivity index (χ1n) is 4.54. The minimum atomic E-state index is -1.16. The summed E-state index contributed by atoms with van der Waals surface area (Å²) in [6.07, 6.45) is -0.0377. The van der Waals surface area contributed by atoms with Crippen LogP contribution in [-0.4, -0.2) is 45.5 Å². The van der Waals surface area contributed by atoms with Gasteiger partial charge in [-0.2, -0.15) is 0 Å². The molecule has 0 spiro atoms. The Labute approximate surface area is 96.6 Å². The Balaban J connectivity index is 2.44. The lowest BCUT2D eigenvalue weighted by Gasteiger charge is -2.13. The van der Waals surface area contributed by atoms with Gasteiger partial charge in [-0.3, -0.25) is 19.3 Å². The van der Waals surface area contributed by atoms with Crippen molar-refractivity contribution < 1.29 is 19.5 Å². The molecule has 0 unspecified atom stereocenters. The zero-order valence-corrected chi connectivity index (χ0v) is 9.12. The van der Waals surface area contributed by atoms with E-state index in [0.717, 1.165) is 4.90 Å². The number of amides is 2. The average molecular weight is 245 g/mol. The van der Waals surface area contributed by atoms with Crippen LogP contribution in [0.1, 0.15) is 12.8 Å². The van der Waals surface area contributed by atoms with Gasteiger partial charge >= 0.3 is 5.97 Å². The number of nitrogens with zero attached hydrogens (tertiary/aromatic N) is 1. The Hall–Kier alpha value is -1.54. The molecule has 8 heteroatoms. The quantitative estimate of drug-likeness (QED) is 0.515. The molecular weight excluding hydrogens is 234 g/mol. The van der Waals surface area contributed by atoms with Crippen LogP contribution < -0.4 is 11.1 Å². The van der Waals surface area contributed by atoms with Crippen LogP contribution in [0.2, 0.25) is 0 Å². The molecule has 0 bridgehead atoms. The first kappa shape index (κ1) is 12.5. The molecule has 1 aliphatic heterocycles. The van der Waals surface area contributed by atoms with E-state index >= 15 is 0 Å². The molecule has 1 atom stereocenters. The fraction of sp³-hybridized carbons (Fsp3) is 0.500. The van der Waals surface area contributed by atoms with Gasteiger partial charge in [0, 0.05) is 6.42 Å². The third kappa shape index (κ3) is 2.97. The molecule has 0 saturated carbocycles. The molecule has 1 rings (SSSR count). The summed E-state index contributed by atoms with van der Waals surface area (Å²) in [6.45, 7) is -0.111. The van der Waals surface area contributed by atoms with Crippen LogP contribution in [0.25, 0.3) is 0 Å². The molecule has 1 fully saturated rings. The van der Waals surface area contributed by atoms with Crippen LogP contribution in [0.5, 0.6) is 0 Å². The molecule has 7 nitrogen and oxygen atoms in total. The van der Waals surface area contributed by atoms with Crippen LogP contribution in [0, 0.1) is 0 Å². The number of carboxylic acids is 1. The molecule has 2 amide bonds. The van der Waals surface area contributed by atoms with Crippen LogP contribution >= 0.6 is 12.2 Å². The predicted molar refractivity (Wildman–Crippen MR) is 57.3 cm³/mol. The SMILES string of the molecule is N[C@@H](CCC(=O)N1CC(=O)NC1=S)C(=O)O. The number of hydrogen-bond donors (Lipinski definition) is 3. The van der Waals surface area contributed by atoms with Gasteiger partial charge in [0.05, 0.1) is 0 Å². The van der Waals surface area contributed by atoms with Crippen molar-refractivity contribution in [3.05, 3.63) is 0 Å². The minimum absolute atomic E-state index is 0.0153. The Morgan fingerprint density at radius 2 is 2.25 bits per heavy atom. The largest absolute Gasteiger partial charge is 0.480 e. The van der Waals surface area contributed by atoms with Gasteiger partial charge in [-0.05, 0) is 18.6 Å². The van der Waals surface area contributed by atoms with Crippen molar-refractivity contribution in [3.8, 4) is 0 Å². The van der Waals surface area contributed by atoms with Crippen molar-refractivity contribution in [1.82, 2.24) is 10.2 Å². The van der Waals surface area contributed by atoms with Crippen molar-refractivity contribution >= 4 is 35.1 Å². The minimum Gasteiger partial charge on any atom is -0.480 e. The molecule has 0 aromatic rings. The van der Waals surface area contributed by atoms with E-state index in [1.807, 2.05) is 0 Å². The van der Waals surface area contributed by atoms with Gasteiger partial charge in [0.1, 0.15) is 12.6 Å². The lowest BCUT2D eigenvalue weighted by molar-refractivity contribution is -0.139. The maximum absolute atomic E-state index is 11.5. The Morgan fingerprint density at radius 3 is 2.69 bits per heavy atom. The summed E-state index contributed by atoms with van der Waals surface area (Å²) in [5.41, 5.74) is 5.24. The molecule has 16 heavy (non-hydrogen) atoms. The first-order valence-corrected chi connectivity index (χ1v) is 4.95. The predicted octanol–water partition coefficient (Wildman–Crippen LogP) is -1.58. The first-order chi connectivity index (χ1) is 7.41. The molecule has 1 saturated heterocycles. The second kappa shape index (κ2) is 4.99. The monoisotopic (exact) mass is 245 g/mol. The number of hydrogen-bond acceptors (Lipinski definition) is 5. The summed E-state index contributed by atoms with van der Waals surface area (Å²) in [6, 6.07) is -1.08. The maximum atomic E-state index is 11.5. The summed E-state index contributed by atoms with van der Waals surface area (Å²) in [7, 11) is 0. The average Bonchev–Trinajstić information content (AvgIpc) is 2.53. The van der Waals surface area contributed by atoms with Gasteiger partial charge in [-0.1, -0.05) is 0 Å². The van der Waals surface area contributed by atoms with Gasteiger partial charge in [0.25, 0.3) is 0 Å². The second-order valence-electron chi connectivity index (χ2n) is 3.32. The molecular formula is C8H11N3O4S. The van der Waals surface area contributed by atoms with Crippen molar-refractivity contribution in [3.63, 3.8) is 0 Å². The van der Waals surface area contributed by atoms with E-state index in [2.05, 4.69) is 5.32 Å². The number of carbonyl (C=O) groups is 3. The lowest BCUT2D eigenvalue weighted by Crippen LogP contribution is -2.36. The zero-order valence-electron chi connectivity index (χ0n) is 8.30. The standard InChI is InChI=1S/C8H11N3O4S/c9-4(7(14)15)1-2-6(13)11-3-5(12)10-8(11)16/h4H,1-3,9H2,(H,14,15)(H,10,12,16)/t4-/m0/s1. The molecule has 88 valence electrons. The van der Waals surface area contributed by atoms with Crippen molar-refractivity contribution in [2.24, 2.45) is 5.73 Å². The Morgan fingerprint density at radius 1 is 1.62 bits per heavy atom. The maximum Gasteiger partial charge on any atom is 0.320 e. The Bertz CT molecular complexity index is 357. The highest BCUT2D eigenvalue weighted by molar-refractivity contribution is 7.80. The highest BCUT2D eigenvalue weighted by atomic mass is 32.1. The summed E-state index contributed by atoms with van der Waals surface area (Å²) < 4.78 is 0. The topological polar surface area (TPSA) is 113 Å². The van der Waals surface area contributed by atoms with Crippen LogP contribution in [0.3, 0.4) is 0 Å². The van der Waals surface area contributed by atoms with E-state index in [9.17, 15) is 14.4 Å². The number of rotatable bonds is 4. The molecule has 0 aromatic carbocycles. The third-order valence-electron chi connectivity index (χ3n) is 2.08. The normalized spacial score (nSPS) is 17.2. The second-order valence-corrected chi connectivity index (χ2v) is 3.70. The van der Waals surface area contributed by atoms with Crippen molar-refractivity contribution in [2.45, 2.75) is 18.9 Å². The molecule has 1 aliphatic rings. The number of thiocarbonyl (C=S) groups is 1. The van der Waals surface area contributed by atoms with Gasteiger partial charge in [0.15, 0.2) is 5.11 Å². The van der Waals surface area contributed by atoms with E-state index in [1.165, 1.54) is 0 Å². The van der Waals surface area contributed by atoms with Gasteiger partial charge in [-0.15, -0.1) is 0 Å². The third-order valence-corrected chi connectivity index (χ3v) is 2.40. The van der Waals surface area contributed by atoms with Crippen molar-refractivity contribution in [2.75, 3.05) is 6.54 Å². The molecule has 0 radical (unpaired) electrons. The van der Waals surface area contributed by atoms with Crippen LogP contribution in [0.4, 0.5) is 0 Å². The summed E-state index contributed by atoms with van der Waals surface area (Å²) in [5, 5.41) is 10.9. The van der Waals surface area contributed by atoms with Crippen molar-refractivity contribution in [1.29, 1.82) is 0 Å². The smallest absolute Gasteiger partial charge is 0.320 e. The van der Waals surface area contributed by atoms with E-state index in [-0.39, 0.29) is 30.4 Å². The van der Waals surface area contributed by atoms with E-state index in [1.54, 1.807) is 0 Å². The van der Waals surface area contributed by atoms with E-state index < -0.39 is 17.9 Å². The zero-order chi connectivity index (χ0) is 12.3. The Kier molecular flexibility index (Phi) is 3.91. The molecule has 4 N–H and O–H groups in total. The van der Waals surface area contributed by atoms with Gasteiger partial charge in [-0.25, -0.2) is 0 Å². The molecule has 0 aliphatic carbocycles. The number of nitrogens with one attached hydrogen (secondary N) is 1. The fourth-order valence-corrected chi connectivity index (χ4v) is 1.46. The summed E-state index contributed by atoms with van der Waals surface area (Å²) >= 11 is 4.75. The fourth-order valence-electron chi connectivity index (χ4n) is 1.18.